The SMILES string of the molecule is C[C@@H](Nc1cccc(CSC2CCCC2)c1)C(N)=O. The molecule has 0 unspecified atom stereocenters. The van der Waals surface area contributed by atoms with E-state index >= 15 is 0 Å². The van der Waals surface area contributed by atoms with E-state index in [-0.39, 0.29) is 11.9 Å². The Hall–Kier alpha value is -1.16. The van der Waals surface area contributed by atoms with E-state index in [0.717, 1.165) is 16.7 Å². The second-order valence-electron chi connectivity index (χ2n) is 5.19. The van der Waals surface area contributed by atoms with Gasteiger partial charge in [-0.05, 0) is 37.5 Å². The zero-order chi connectivity index (χ0) is 13.7. The van der Waals surface area contributed by atoms with Gasteiger partial charge in [-0.1, -0.05) is 25.0 Å². The molecule has 1 aromatic carbocycles. The van der Waals surface area contributed by atoms with Crippen LogP contribution in [-0.2, 0) is 10.5 Å². The van der Waals surface area contributed by atoms with E-state index in [1.807, 2.05) is 12.1 Å². The van der Waals surface area contributed by atoms with Crippen LogP contribution in [0.4, 0.5) is 5.69 Å². The zero-order valence-electron chi connectivity index (χ0n) is 11.4. The molecule has 1 fully saturated rings. The Morgan fingerprint density at radius 1 is 1.47 bits per heavy atom. The first-order chi connectivity index (χ1) is 9.15. The molecule has 0 aliphatic heterocycles. The van der Waals surface area contributed by atoms with E-state index < -0.39 is 0 Å². The summed E-state index contributed by atoms with van der Waals surface area (Å²) in [5.74, 6) is 0.719. The molecule has 0 radical (unpaired) electrons. The van der Waals surface area contributed by atoms with Gasteiger partial charge in [-0.25, -0.2) is 0 Å². The van der Waals surface area contributed by atoms with Gasteiger partial charge in [0.2, 0.25) is 5.91 Å². The summed E-state index contributed by atoms with van der Waals surface area (Å²) in [6.45, 7) is 1.78. The van der Waals surface area contributed by atoms with E-state index in [2.05, 4.69) is 29.2 Å². The maximum absolute atomic E-state index is 11.0. The van der Waals surface area contributed by atoms with Gasteiger partial charge in [0, 0.05) is 16.7 Å². The van der Waals surface area contributed by atoms with E-state index in [9.17, 15) is 4.79 Å². The van der Waals surface area contributed by atoms with E-state index in [1.54, 1.807) is 6.92 Å². The number of carbonyl (C=O) groups is 1. The first-order valence-corrected chi connectivity index (χ1v) is 7.96. The van der Waals surface area contributed by atoms with Crippen LogP contribution in [0.1, 0.15) is 38.2 Å². The molecule has 0 aromatic heterocycles. The van der Waals surface area contributed by atoms with Gasteiger partial charge in [0.25, 0.3) is 0 Å². The average Bonchev–Trinajstić information content (AvgIpc) is 2.90. The first-order valence-electron chi connectivity index (χ1n) is 6.91. The smallest absolute Gasteiger partial charge is 0.239 e. The summed E-state index contributed by atoms with van der Waals surface area (Å²) in [7, 11) is 0. The van der Waals surface area contributed by atoms with Gasteiger partial charge in [-0.15, -0.1) is 0 Å². The molecule has 1 saturated carbocycles. The monoisotopic (exact) mass is 278 g/mol. The summed E-state index contributed by atoms with van der Waals surface area (Å²) in [6.07, 6.45) is 5.49. The maximum atomic E-state index is 11.0. The van der Waals surface area contributed by atoms with E-state index in [0.29, 0.717) is 0 Å². The fourth-order valence-corrected chi connectivity index (χ4v) is 3.62. The molecule has 3 N–H and O–H groups in total. The number of hydrogen-bond acceptors (Lipinski definition) is 3. The maximum Gasteiger partial charge on any atom is 0.239 e. The van der Waals surface area contributed by atoms with Gasteiger partial charge < -0.3 is 11.1 Å². The highest BCUT2D eigenvalue weighted by Gasteiger charge is 2.15. The van der Waals surface area contributed by atoms with Crippen LogP contribution in [0.5, 0.6) is 0 Å². The third-order valence-electron chi connectivity index (χ3n) is 3.52. The van der Waals surface area contributed by atoms with Crippen LogP contribution in [0.3, 0.4) is 0 Å². The summed E-state index contributed by atoms with van der Waals surface area (Å²) < 4.78 is 0. The molecule has 0 bridgehead atoms. The fraction of sp³-hybridized carbons (Fsp3) is 0.533. The van der Waals surface area contributed by atoms with Crippen molar-refractivity contribution in [3.05, 3.63) is 29.8 Å². The largest absolute Gasteiger partial charge is 0.374 e. The molecule has 0 heterocycles. The molecular weight excluding hydrogens is 256 g/mol. The van der Waals surface area contributed by atoms with Gasteiger partial charge >= 0.3 is 0 Å². The second-order valence-corrected chi connectivity index (χ2v) is 6.47. The highest BCUT2D eigenvalue weighted by atomic mass is 32.2. The van der Waals surface area contributed by atoms with Gasteiger partial charge in [-0.3, -0.25) is 4.79 Å². The fourth-order valence-electron chi connectivity index (χ4n) is 2.34. The van der Waals surface area contributed by atoms with Crippen LogP contribution in [0.15, 0.2) is 24.3 Å². The number of benzene rings is 1. The number of anilines is 1. The van der Waals surface area contributed by atoms with Crippen molar-refractivity contribution < 1.29 is 4.79 Å². The number of nitrogens with two attached hydrogens (primary N) is 1. The summed E-state index contributed by atoms with van der Waals surface area (Å²) >= 11 is 2.05. The quantitative estimate of drug-likeness (QED) is 0.840. The Kier molecular flexibility index (Phi) is 5.14. The predicted molar refractivity (Wildman–Crippen MR) is 82.3 cm³/mol. The Balaban J connectivity index is 1.88. The molecule has 1 amide bonds. The number of nitrogens with one attached hydrogen (secondary N) is 1. The van der Waals surface area contributed by atoms with Crippen molar-refractivity contribution >= 4 is 23.4 Å². The van der Waals surface area contributed by atoms with Crippen molar-refractivity contribution in [1.29, 1.82) is 0 Å². The normalized spacial score (nSPS) is 17.3. The standard InChI is InChI=1S/C15H22N2OS/c1-11(15(16)18)17-13-6-4-5-12(9-13)10-19-14-7-2-3-8-14/h4-6,9,11,14,17H,2-3,7-8,10H2,1H3,(H2,16,18)/t11-/m1/s1. The number of primary amides is 1. The Morgan fingerprint density at radius 2 is 2.21 bits per heavy atom. The van der Waals surface area contributed by atoms with Crippen LogP contribution in [0.2, 0.25) is 0 Å². The summed E-state index contributed by atoms with van der Waals surface area (Å²) in [4.78, 5) is 11.0. The van der Waals surface area contributed by atoms with Crippen molar-refractivity contribution in [2.45, 2.75) is 49.7 Å². The molecule has 19 heavy (non-hydrogen) atoms. The molecule has 4 heteroatoms. The summed E-state index contributed by atoms with van der Waals surface area (Å²) in [5, 5.41) is 3.96. The molecule has 104 valence electrons. The number of rotatable bonds is 6. The third kappa shape index (κ3) is 4.46. The molecule has 1 aromatic rings. The van der Waals surface area contributed by atoms with Crippen LogP contribution < -0.4 is 11.1 Å². The zero-order valence-corrected chi connectivity index (χ0v) is 12.2. The highest BCUT2D eigenvalue weighted by Crippen LogP contribution is 2.31. The molecule has 2 rings (SSSR count). The molecule has 1 aliphatic carbocycles. The molecular formula is C15H22N2OS. The second kappa shape index (κ2) is 6.85. The summed E-state index contributed by atoms with van der Waals surface area (Å²) in [5.41, 5.74) is 7.53. The predicted octanol–water partition coefficient (Wildman–Crippen LogP) is 3.15. The molecule has 1 atom stereocenters. The average molecular weight is 278 g/mol. The lowest BCUT2D eigenvalue weighted by Crippen LogP contribution is -2.32. The number of thioether (sulfide) groups is 1. The van der Waals surface area contributed by atoms with E-state index in [4.69, 9.17) is 5.73 Å². The number of hydrogen-bond donors (Lipinski definition) is 2. The lowest BCUT2D eigenvalue weighted by Gasteiger charge is -2.13. The lowest BCUT2D eigenvalue weighted by molar-refractivity contribution is -0.118. The van der Waals surface area contributed by atoms with E-state index in [1.165, 1.54) is 31.2 Å². The lowest BCUT2D eigenvalue weighted by atomic mass is 10.2. The minimum atomic E-state index is -0.335. The molecule has 3 nitrogen and oxygen atoms in total. The van der Waals surface area contributed by atoms with Crippen molar-refractivity contribution in [2.24, 2.45) is 5.73 Å². The van der Waals surface area contributed by atoms with Gasteiger partial charge in [0.15, 0.2) is 0 Å². The molecule has 1 aliphatic rings. The van der Waals surface area contributed by atoms with Crippen molar-refractivity contribution in [2.75, 3.05) is 5.32 Å². The minimum absolute atomic E-state index is 0.328. The minimum Gasteiger partial charge on any atom is -0.374 e. The van der Waals surface area contributed by atoms with Crippen LogP contribution in [0.25, 0.3) is 0 Å². The van der Waals surface area contributed by atoms with Crippen LogP contribution in [-0.4, -0.2) is 17.2 Å². The van der Waals surface area contributed by atoms with Crippen molar-refractivity contribution in [3.8, 4) is 0 Å². The molecule has 0 saturated heterocycles. The number of carbonyl (C=O) groups excluding carboxylic acids is 1. The third-order valence-corrected chi connectivity index (χ3v) is 4.97. The van der Waals surface area contributed by atoms with Crippen molar-refractivity contribution in [1.82, 2.24) is 0 Å². The summed E-state index contributed by atoms with van der Waals surface area (Å²) in [6, 6.07) is 7.92. The number of amides is 1. The van der Waals surface area contributed by atoms with Crippen molar-refractivity contribution in [3.63, 3.8) is 0 Å². The van der Waals surface area contributed by atoms with Gasteiger partial charge in [-0.2, -0.15) is 11.8 Å². The van der Waals surface area contributed by atoms with Gasteiger partial charge in [0.05, 0.1) is 0 Å². The topological polar surface area (TPSA) is 55.1 Å². The Bertz CT molecular complexity index is 430. The van der Waals surface area contributed by atoms with Crippen LogP contribution in [0, 0.1) is 0 Å². The first kappa shape index (κ1) is 14.3. The highest BCUT2D eigenvalue weighted by molar-refractivity contribution is 7.99. The Morgan fingerprint density at radius 3 is 2.89 bits per heavy atom. The Labute approximate surface area is 119 Å². The van der Waals surface area contributed by atoms with Crippen LogP contribution >= 0.6 is 11.8 Å². The molecule has 0 spiro atoms. The van der Waals surface area contributed by atoms with Gasteiger partial charge in [0.1, 0.15) is 6.04 Å².